The van der Waals surface area contributed by atoms with Crippen molar-refractivity contribution < 1.29 is 19.1 Å². The van der Waals surface area contributed by atoms with Crippen molar-refractivity contribution in [3.05, 3.63) is 46.4 Å². The Morgan fingerprint density at radius 3 is 2.66 bits per heavy atom. The van der Waals surface area contributed by atoms with Gasteiger partial charge >= 0.3 is 0 Å². The third-order valence-corrected chi connectivity index (χ3v) is 6.06. The molecule has 0 radical (unpaired) electrons. The van der Waals surface area contributed by atoms with Crippen molar-refractivity contribution in [3.8, 4) is 11.5 Å². The topological polar surface area (TPSA) is 71.1 Å². The third kappa shape index (κ3) is 5.65. The summed E-state index contributed by atoms with van der Waals surface area (Å²) in [5.74, 6) is 0.572. The van der Waals surface area contributed by atoms with Crippen molar-refractivity contribution in [2.24, 2.45) is 0 Å². The van der Waals surface area contributed by atoms with E-state index < -0.39 is 0 Å². The van der Waals surface area contributed by atoms with E-state index in [4.69, 9.17) is 32.7 Å². The molecule has 0 bridgehead atoms. The van der Waals surface area contributed by atoms with E-state index in [-0.39, 0.29) is 25.0 Å². The molecule has 2 amide bonds. The van der Waals surface area contributed by atoms with E-state index in [1.54, 1.807) is 41.3 Å². The highest BCUT2D eigenvalue weighted by Gasteiger charge is 2.26. The molecule has 170 valence electrons. The molecule has 0 unspecified atom stereocenters. The summed E-state index contributed by atoms with van der Waals surface area (Å²) >= 11 is 11.9. The number of ether oxygens (including phenoxy) is 2. The first kappa shape index (κ1) is 22.7. The van der Waals surface area contributed by atoms with Gasteiger partial charge in [-0.1, -0.05) is 29.6 Å². The maximum absolute atomic E-state index is 12.5. The zero-order chi connectivity index (χ0) is 22.5. The quantitative estimate of drug-likeness (QED) is 0.646. The molecule has 0 aromatic heterocycles. The van der Waals surface area contributed by atoms with Gasteiger partial charge in [0, 0.05) is 23.8 Å². The minimum atomic E-state index is -0.348. The molecule has 4 rings (SSSR count). The van der Waals surface area contributed by atoms with Gasteiger partial charge < -0.3 is 24.6 Å². The first-order valence-corrected chi connectivity index (χ1v) is 11.4. The molecule has 9 heteroatoms. The lowest BCUT2D eigenvalue weighted by molar-refractivity contribution is -0.121. The Morgan fingerprint density at radius 1 is 1.06 bits per heavy atom. The maximum Gasteiger partial charge on any atom is 0.265 e. The number of carbonyl (C=O) groups is 2. The lowest BCUT2D eigenvalue weighted by Crippen LogP contribution is -2.44. The van der Waals surface area contributed by atoms with Crippen LogP contribution >= 0.6 is 23.2 Å². The van der Waals surface area contributed by atoms with E-state index in [1.165, 1.54) is 19.3 Å². The van der Waals surface area contributed by atoms with Gasteiger partial charge in [0.1, 0.15) is 11.5 Å². The molecule has 1 N–H and O–H groups in total. The van der Waals surface area contributed by atoms with Gasteiger partial charge in [-0.2, -0.15) is 0 Å². The lowest BCUT2D eigenvalue weighted by atomic mass is 10.1. The van der Waals surface area contributed by atoms with Gasteiger partial charge in [0.25, 0.3) is 11.8 Å². The van der Waals surface area contributed by atoms with Crippen molar-refractivity contribution in [2.45, 2.75) is 19.3 Å². The minimum absolute atomic E-state index is 0.0222. The Kier molecular flexibility index (Phi) is 7.40. The van der Waals surface area contributed by atoms with Crippen LogP contribution in [-0.2, 0) is 9.59 Å². The monoisotopic (exact) mass is 477 g/mol. The molecule has 2 aliphatic heterocycles. The van der Waals surface area contributed by atoms with Gasteiger partial charge in [0.15, 0.2) is 13.2 Å². The Bertz CT molecular complexity index is 995. The van der Waals surface area contributed by atoms with Crippen molar-refractivity contribution in [1.29, 1.82) is 0 Å². The van der Waals surface area contributed by atoms with Crippen molar-refractivity contribution in [2.75, 3.05) is 49.6 Å². The highest BCUT2D eigenvalue weighted by molar-refractivity contribution is 6.35. The molecule has 32 heavy (non-hydrogen) atoms. The Labute approximate surface area is 197 Å². The largest absolute Gasteiger partial charge is 0.482 e. The van der Waals surface area contributed by atoms with E-state index in [2.05, 4.69) is 10.2 Å². The van der Waals surface area contributed by atoms with Crippen molar-refractivity contribution in [1.82, 2.24) is 4.90 Å². The summed E-state index contributed by atoms with van der Waals surface area (Å²) in [6, 6.07) is 10.1. The normalized spacial score (nSPS) is 16.3. The number of nitrogens with zero attached hydrogens (tertiary/aromatic N) is 2. The maximum atomic E-state index is 12.5. The number of carbonyl (C=O) groups excluding carboxylic acids is 2. The number of halogens is 2. The molecule has 0 aliphatic carbocycles. The van der Waals surface area contributed by atoms with Crippen LogP contribution in [0, 0.1) is 0 Å². The number of nitrogens with one attached hydrogen (secondary N) is 1. The number of benzene rings is 2. The number of hydrogen-bond acceptors (Lipinski definition) is 5. The average Bonchev–Trinajstić information content (AvgIpc) is 2.78. The summed E-state index contributed by atoms with van der Waals surface area (Å²) in [5.41, 5.74) is 1.22. The van der Waals surface area contributed by atoms with E-state index in [9.17, 15) is 9.59 Å². The van der Waals surface area contributed by atoms with Crippen LogP contribution in [-0.4, -0.2) is 56.1 Å². The zero-order valence-electron chi connectivity index (χ0n) is 17.6. The fourth-order valence-electron chi connectivity index (χ4n) is 3.88. The molecule has 2 aliphatic rings. The first-order valence-electron chi connectivity index (χ1n) is 10.7. The standard InChI is InChI=1S/C23H25Cl2N3O4/c24-16-4-6-20(18(25)12-16)31-14-22(29)26-17-5-7-21-19(13-17)28(23(30)15-32-21)11-10-27-8-2-1-3-9-27/h4-7,12-13H,1-3,8-11,14-15H2,(H,26,29). The minimum Gasteiger partial charge on any atom is -0.482 e. The van der Waals surface area contributed by atoms with Crippen LogP contribution in [0.5, 0.6) is 11.5 Å². The van der Waals surface area contributed by atoms with Crippen LogP contribution in [0.2, 0.25) is 10.0 Å². The fraction of sp³-hybridized carbons (Fsp3) is 0.391. The highest BCUT2D eigenvalue weighted by Crippen LogP contribution is 2.34. The molecule has 0 spiro atoms. The number of piperidine rings is 1. The van der Waals surface area contributed by atoms with Gasteiger partial charge in [-0.05, 0) is 62.3 Å². The summed E-state index contributed by atoms with van der Waals surface area (Å²) in [4.78, 5) is 29.0. The van der Waals surface area contributed by atoms with E-state index in [1.807, 2.05) is 0 Å². The van der Waals surface area contributed by atoms with Crippen LogP contribution in [0.4, 0.5) is 11.4 Å². The molecular formula is C23H25Cl2N3O4. The lowest BCUT2D eigenvalue weighted by Gasteiger charge is -2.33. The van der Waals surface area contributed by atoms with Gasteiger partial charge in [0.05, 0.1) is 10.7 Å². The zero-order valence-corrected chi connectivity index (χ0v) is 19.1. The fourth-order valence-corrected chi connectivity index (χ4v) is 4.35. The van der Waals surface area contributed by atoms with Crippen LogP contribution in [0.25, 0.3) is 0 Å². The van der Waals surface area contributed by atoms with E-state index >= 15 is 0 Å². The summed E-state index contributed by atoms with van der Waals surface area (Å²) in [7, 11) is 0. The van der Waals surface area contributed by atoms with Crippen molar-refractivity contribution in [3.63, 3.8) is 0 Å². The van der Waals surface area contributed by atoms with E-state index in [0.29, 0.717) is 39.5 Å². The number of hydrogen-bond donors (Lipinski definition) is 1. The second-order valence-corrected chi connectivity index (χ2v) is 8.67. The predicted octanol–water partition coefficient (Wildman–Crippen LogP) is 4.22. The van der Waals surface area contributed by atoms with Gasteiger partial charge in [-0.3, -0.25) is 9.59 Å². The molecule has 2 heterocycles. The van der Waals surface area contributed by atoms with Gasteiger partial charge in [-0.15, -0.1) is 0 Å². The molecule has 2 aromatic carbocycles. The van der Waals surface area contributed by atoms with E-state index in [0.717, 1.165) is 19.6 Å². The SMILES string of the molecule is O=C(COc1ccc(Cl)cc1Cl)Nc1ccc2c(c1)N(CCN1CCCCC1)C(=O)CO2. The molecular weight excluding hydrogens is 453 g/mol. The van der Waals surface area contributed by atoms with Crippen LogP contribution in [0.1, 0.15) is 19.3 Å². The molecule has 1 fully saturated rings. The third-order valence-electron chi connectivity index (χ3n) is 5.53. The smallest absolute Gasteiger partial charge is 0.265 e. The van der Waals surface area contributed by atoms with Crippen LogP contribution in [0.15, 0.2) is 36.4 Å². The number of amides is 2. The molecule has 7 nitrogen and oxygen atoms in total. The Morgan fingerprint density at radius 2 is 1.88 bits per heavy atom. The number of anilines is 2. The Hall–Kier alpha value is -2.48. The van der Waals surface area contributed by atoms with Crippen molar-refractivity contribution >= 4 is 46.4 Å². The molecule has 0 saturated carbocycles. The summed E-state index contributed by atoms with van der Waals surface area (Å²) in [6.45, 7) is 3.35. The number of fused-ring (bicyclic) bond motifs is 1. The molecule has 1 saturated heterocycles. The number of likely N-dealkylation sites (tertiary alicyclic amines) is 1. The Balaban J connectivity index is 1.39. The summed E-state index contributed by atoms with van der Waals surface area (Å²) < 4.78 is 11.1. The summed E-state index contributed by atoms with van der Waals surface area (Å²) in [5, 5.41) is 3.62. The van der Waals surface area contributed by atoms with Gasteiger partial charge in [-0.25, -0.2) is 0 Å². The highest BCUT2D eigenvalue weighted by atomic mass is 35.5. The second-order valence-electron chi connectivity index (χ2n) is 7.83. The molecule has 2 aromatic rings. The van der Waals surface area contributed by atoms with Gasteiger partial charge in [0.2, 0.25) is 0 Å². The predicted molar refractivity (Wildman–Crippen MR) is 125 cm³/mol. The summed E-state index contributed by atoms with van der Waals surface area (Å²) in [6.07, 6.45) is 3.67. The molecule has 0 atom stereocenters. The first-order chi connectivity index (χ1) is 15.5. The average molecular weight is 478 g/mol. The van der Waals surface area contributed by atoms with Crippen LogP contribution in [0.3, 0.4) is 0 Å². The number of rotatable bonds is 7. The van der Waals surface area contributed by atoms with Crippen LogP contribution < -0.4 is 19.7 Å². The second kappa shape index (κ2) is 10.4.